The van der Waals surface area contributed by atoms with Gasteiger partial charge in [0.1, 0.15) is 0 Å². The summed E-state index contributed by atoms with van der Waals surface area (Å²) in [5.74, 6) is 1.69. The zero-order chi connectivity index (χ0) is 19.1. The van der Waals surface area contributed by atoms with E-state index >= 15 is 0 Å². The summed E-state index contributed by atoms with van der Waals surface area (Å²) in [6.07, 6.45) is 2.28. The van der Waals surface area contributed by atoms with Crippen LogP contribution in [0.2, 0.25) is 0 Å². The number of carbonyl (C=O) groups is 1. The number of fused-ring (bicyclic) bond motifs is 1. The standard InChI is InChI=1S/C22H28N2O3/c1-26-20-13-18-10-12-24(16-19(18)14-21(20)27-2)22(25)9-6-11-23-15-17-7-4-3-5-8-17/h3-5,7-8,13-14,23H,6,9-12,15-16H2,1-2H3. The topological polar surface area (TPSA) is 50.8 Å². The van der Waals surface area contributed by atoms with Crippen LogP contribution in [0, 0.1) is 0 Å². The van der Waals surface area contributed by atoms with E-state index in [2.05, 4.69) is 17.4 Å². The Kier molecular flexibility index (Phi) is 6.71. The van der Waals surface area contributed by atoms with Crippen LogP contribution in [-0.4, -0.2) is 38.1 Å². The zero-order valence-corrected chi connectivity index (χ0v) is 16.2. The van der Waals surface area contributed by atoms with E-state index in [9.17, 15) is 4.79 Å². The summed E-state index contributed by atoms with van der Waals surface area (Å²) in [5, 5.41) is 3.40. The van der Waals surface area contributed by atoms with Crippen molar-refractivity contribution >= 4 is 5.91 Å². The SMILES string of the molecule is COc1cc2c(cc1OC)CN(C(=O)CCCNCc1ccccc1)CC2. The molecule has 0 aromatic heterocycles. The van der Waals surface area contributed by atoms with E-state index in [0.29, 0.717) is 13.0 Å². The first-order valence-electron chi connectivity index (χ1n) is 9.47. The molecule has 2 aromatic rings. The number of benzene rings is 2. The maximum atomic E-state index is 12.6. The molecule has 1 aliphatic heterocycles. The largest absolute Gasteiger partial charge is 0.493 e. The molecule has 1 aliphatic rings. The van der Waals surface area contributed by atoms with E-state index in [-0.39, 0.29) is 5.91 Å². The highest BCUT2D eigenvalue weighted by molar-refractivity contribution is 5.76. The van der Waals surface area contributed by atoms with Gasteiger partial charge >= 0.3 is 0 Å². The summed E-state index contributed by atoms with van der Waals surface area (Å²) in [4.78, 5) is 14.5. The Balaban J connectivity index is 1.46. The second kappa shape index (κ2) is 9.42. The first kappa shape index (κ1) is 19.2. The highest BCUT2D eigenvalue weighted by Gasteiger charge is 2.22. The molecule has 0 saturated heterocycles. The van der Waals surface area contributed by atoms with E-state index in [1.165, 1.54) is 11.1 Å². The Morgan fingerprint density at radius 3 is 2.48 bits per heavy atom. The first-order chi connectivity index (χ1) is 13.2. The van der Waals surface area contributed by atoms with Gasteiger partial charge in [-0.2, -0.15) is 0 Å². The number of nitrogens with zero attached hydrogens (tertiary/aromatic N) is 1. The van der Waals surface area contributed by atoms with Crippen molar-refractivity contribution in [2.24, 2.45) is 0 Å². The number of carbonyl (C=O) groups excluding carboxylic acids is 1. The molecule has 0 atom stereocenters. The summed E-state index contributed by atoms with van der Waals surface area (Å²) >= 11 is 0. The zero-order valence-electron chi connectivity index (χ0n) is 16.2. The molecule has 0 spiro atoms. The quantitative estimate of drug-likeness (QED) is 0.727. The van der Waals surface area contributed by atoms with Crippen molar-refractivity contribution in [3.8, 4) is 11.5 Å². The molecule has 144 valence electrons. The fourth-order valence-electron chi connectivity index (χ4n) is 3.45. The number of hydrogen-bond acceptors (Lipinski definition) is 4. The van der Waals surface area contributed by atoms with E-state index in [1.807, 2.05) is 35.2 Å². The number of ether oxygens (including phenoxy) is 2. The van der Waals surface area contributed by atoms with Crippen LogP contribution < -0.4 is 14.8 Å². The second-order valence-corrected chi connectivity index (χ2v) is 6.81. The summed E-state index contributed by atoms with van der Waals surface area (Å²) in [6, 6.07) is 14.3. The third kappa shape index (κ3) is 5.01. The monoisotopic (exact) mass is 368 g/mol. The van der Waals surface area contributed by atoms with Gasteiger partial charge < -0.3 is 19.7 Å². The van der Waals surface area contributed by atoms with E-state index in [4.69, 9.17) is 9.47 Å². The molecular weight excluding hydrogens is 340 g/mol. The molecule has 1 N–H and O–H groups in total. The lowest BCUT2D eigenvalue weighted by Crippen LogP contribution is -2.36. The van der Waals surface area contributed by atoms with Crippen LogP contribution in [0.15, 0.2) is 42.5 Å². The van der Waals surface area contributed by atoms with Crippen molar-refractivity contribution < 1.29 is 14.3 Å². The third-order valence-electron chi connectivity index (χ3n) is 4.99. The van der Waals surface area contributed by atoms with Gasteiger partial charge in [0, 0.05) is 26.1 Å². The lowest BCUT2D eigenvalue weighted by molar-refractivity contribution is -0.132. The summed E-state index contributed by atoms with van der Waals surface area (Å²) in [7, 11) is 3.28. The van der Waals surface area contributed by atoms with Crippen molar-refractivity contribution in [2.75, 3.05) is 27.3 Å². The highest BCUT2D eigenvalue weighted by atomic mass is 16.5. The summed E-state index contributed by atoms with van der Waals surface area (Å²) in [6.45, 7) is 3.09. The van der Waals surface area contributed by atoms with E-state index in [1.54, 1.807) is 14.2 Å². The average molecular weight is 368 g/mol. The number of hydrogen-bond donors (Lipinski definition) is 1. The molecule has 2 aromatic carbocycles. The maximum absolute atomic E-state index is 12.6. The molecule has 27 heavy (non-hydrogen) atoms. The molecule has 1 amide bonds. The van der Waals surface area contributed by atoms with Crippen molar-refractivity contribution in [1.82, 2.24) is 10.2 Å². The van der Waals surface area contributed by atoms with Crippen LogP contribution in [0.4, 0.5) is 0 Å². The molecule has 0 aliphatic carbocycles. The Hall–Kier alpha value is -2.53. The number of nitrogens with one attached hydrogen (secondary N) is 1. The smallest absolute Gasteiger partial charge is 0.222 e. The summed E-state index contributed by atoms with van der Waals surface area (Å²) < 4.78 is 10.8. The molecule has 5 heteroatoms. The predicted molar refractivity (Wildman–Crippen MR) is 106 cm³/mol. The van der Waals surface area contributed by atoms with Crippen LogP contribution in [0.1, 0.15) is 29.5 Å². The van der Waals surface area contributed by atoms with Crippen molar-refractivity contribution in [3.63, 3.8) is 0 Å². The van der Waals surface area contributed by atoms with Gasteiger partial charge in [-0.1, -0.05) is 30.3 Å². The molecule has 0 radical (unpaired) electrons. The number of amides is 1. The fraction of sp³-hybridized carbons (Fsp3) is 0.409. The normalized spacial score (nSPS) is 13.2. The van der Waals surface area contributed by atoms with E-state index < -0.39 is 0 Å². The van der Waals surface area contributed by atoms with Crippen molar-refractivity contribution in [2.45, 2.75) is 32.4 Å². The Morgan fingerprint density at radius 1 is 1.07 bits per heavy atom. The molecule has 3 rings (SSSR count). The molecule has 0 unspecified atom stereocenters. The van der Waals surface area contributed by atoms with Gasteiger partial charge in [0.05, 0.1) is 14.2 Å². The minimum absolute atomic E-state index is 0.219. The Labute approximate surface area is 161 Å². The molecule has 1 heterocycles. The Bertz CT molecular complexity index is 762. The number of rotatable bonds is 8. The molecule has 0 saturated carbocycles. The fourth-order valence-corrected chi connectivity index (χ4v) is 3.45. The lowest BCUT2D eigenvalue weighted by atomic mass is 9.98. The van der Waals surface area contributed by atoms with Gasteiger partial charge in [0.15, 0.2) is 11.5 Å². The first-order valence-corrected chi connectivity index (χ1v) is 9.47. The molecule has 0 bridgehead atoms. The highest BCUT2D eigenvalue weighted by Crippen LogP contribution is 2.33. The van der Waals surface area contributed by atoms with Crippen LogP contribution >= 0.6 is 0 Å². The predicted octanol–water partition coefficient (Wildman–Crippen LogP) is 3.16. The van der Waals surface area contributed by atoms with Gasteiger partial charge in [-0.15, -0.1) is 0 Å². The minimum atomic E-state index is 0.219. The van der Waals surface area contributed by atoms with Crippen molar-refractivity contribution in [1.29, 1.82) is 0 Å². The van der Waals surface area contributed by atoms with Crippen molar-refractivity contribution in [3.05, 3.63) is 59.2 Å². The molecule has 5 nitrogen and oxygen atoms in total. The van der Waals surface area contributed by atoms with Gasteiger partial charge in [-0.3, -0.25) is 4.79 Å². The number of methoxy groups -OCH3 is 2. The van der Waals surface area contributed by atoms with E-state index in [0.717, 1.165) is 49.5 Å². The lowest BCUT2D eigenvalue weighted by Gasteiger charge is -2.29. The van der Waals surface area contributed by atoms with Crippen LogP contribution in [0.25, 0.3) is 0 Å². The van der Waals surface area contributed by atoms with Gasteiger partial charge in [-0.05, 0) is 48.2 Å². The van der Waals surface area contributed by atoms with Gasteiger partial charge in [-0.25, -0.2) is 0 Å². The molecule has 0 fully saturated rings. The third-order valence-corrected chi connectivity index (χ3v) is 4.99. The Morgan fingerprint density at radius 2 is 1.78 bits per heavy atom. The van der Waals surface area contributed by atoms with Crippen LogP contribution in [0.3, 0.4) is 0 Å². The van der Waals surface area contributed by atoms with Gasteiger partial charge in [0.25, 0.3) is 0 Å². The van der Waals surface area contributed by atoms with Gasteiger partial charge in [0.2, 0.25) is 5.91 Å². The van der Waals surface area contributed by atoms with Crippen LogP contribution in [-0.2, 0) is 24.3 Å². The molecular formula is C22H28N2O3. The second-order valence-electron chi connectivity index (χ2n) is 6.81. The summed E-state index contributed by atoms with van der Waals surface area (Å²) in [5.41, 5.74) is 3.65. The maximum Gasteiger partial charge on any atom is 0.222 e. The minimum Gasteiger partial charge on any atom is -0.493 e. The average Bonchev–Trinajstić information content (AvgIpc) is 2.72. The van der Waals surface area contributed by atoms with Crippen LogP contribution in [0.5, 0.6) is 11.5 Å².